The Bertz CT molecular complexity index is 860. The van der Waals surface area contributed by atoms with Gasteiger partial charge in [-0.2, -0.15) is 0 Å². The van der Waals surface area contributed by atoms with Crippen LogP contribution in [0.5, 0.6) is 0 Å². The molecule has 2 aromatic rings. The number of hydrazine groups is 1. The third kappa shape index (κ3) is 4.64. The van der Waals surface area contributed by atoms with Crippen LogP contribution in [-0.2, 0) is 0 Å². The van der Waals surface area contributed by atoms with Gasteiger partial charge in [0, 0.05) is 5.69 Å². The summed E-state index contributed by atoms with van der Waals surface area (Å²) in [7, 11) is 0. The van der Waals surface area contributed by atoms with E-state index in [0.29, 0.717) is 0 Å². The van der Waals surface area contributed by atoms with E-state index < -0.39 is 5.91 Å². The maximum atomic E-state index is 12.2. The van der Waals surface area contributed by atoms with E-state index in [0.717, 1.165) is 16.8 Å². The largest absolute Gasteiger partial charge is 0.396 e. The third-order valence-corrected chi connectivity index (χ3v) is 4.68. The number of carbonyl (C=O) groups excluding carboxylic acids is 1. The van der Waals surface area contributed by atoms with Gasteiger partial charge in [0.1, 0.15) is 5.02 Å². The number of rotatable bonds is 2. The normalized spacial score (nSPS) is 10.3. The molecule has 0 saturated heterocycles. The zero-order valence-electron chi connectivity index (χ0n) is 13.2. The predicted molar refractivity (Wildman–Crippen MR) is 106 cm³/mol. The van der Waals surface area contributed by atoms with Gasteiger partial charge in [-0.25, -0.2) is 4.98 Å². The van der Waals surface area contributed by atoms with Crippen molar-refractivity contribution in [3.05, 3.63) is 50.2 Å². The molecule has 0 atom stereocenters. The molecule has 1 aromatic heterocycles. The zero-order valence-corrected chi connectivity index (χ0v) is 16.3. The first kappa shape index (κ1) is 19.5. The Morgan fingerprint density at radius 2 is 1.80 bits per heavy atom. The van der Waals surface area contributed by atoms with Gasteiger partial charge >= 0.3 is 0 Å². The smallest absolute Gasteiger partial charge is 0.289 e. The number of aromatic nitrogens is 1. The highest BCUT2D eigenvalue weighted by molar-refractivity contribution is 7.80. The number of amides is 1. The van der Waals surface area contributed by atoms with E-state index in [-0.39, 0.29) is 31.7 Å². The molecule has 2 rings (SSSR count). The number of benzene rings is 1. The minimum absolute atomic E-state index is 0.0110. The molecular formula is C15H14Cl3N5OS. The Hall–Kier alpha value is -1.80. The molecule has 1 heterocycles. The lowest BCUT2D eigenvalue weighted by Gasteiger charge is -2.13. The number of nitrogens with one attached hydrogen (secondary N) is 3. The van der Waals surface area contributed by atoms with E-state index in [1.807, 2.05) is 32.0 Å². The summed E-state index contributed by atoms with van der Waals surface area (Å²) in [5.74, 6) is -0.667. The SMILES string of the molecule is Cc1ccc(NC(=S)NNC(=O)c2nc(Cl)c(Cl)c(N)c2Cl)cc1C. The fraction of sp³-hybridized carbons (Fsp3) is 0.133. The molecule has 0 radical (unpaired) electrons. The number of nitrogen functional groups attached to an aromatic ring is 1. The Kier molecular flexibility index (Phi) is 6.29. The molecule has 0 unspecified atom stereocenters. The monoisotopic (exact) mass is 417 g/mol. The van der Waals surface area contributed by atoms with Crippen LogP contribution in [-0.4, -0.2) is 16.0 Å². The quantitative estimate of drug-likeness (QED) is 0.336. The van der Waals surface area contributed by atoms with Crippen LogP contribution >= 0.6 is 47.0 Å². The maximum Gasteiger partial charge on any atom is 0.289 e. The van der Waals surface area contributed by atoms with Gasteiger partial charge in [0.15, 0.2) is 16.0 Å². The van der Waals surface area contributed by atoms with Gasteiger partial charge in [-0.1, -0.05) is 40.9 Å². The van der Waals surface area contributed by atoms with Crippen LogP contribution in [0.15, 0.2) is 18.2 Å². The average molecular weight is 419 g/mol. The van der Waals surface area contributed by atoms with Crippen molar-refractivity contribution < 1.29 is 4.79 Å². The average Bonchev–Trinajstić information content (AvgIpc) is 2.57. The molecule has 10 heteroatoms. The second-order valence-electron chi connectivity index (χ2n) is 5.13. The summed E-state index contributed by atoms with van der Waals surface area (Å²) in [6.07, 6.45) is 0. The maximum absolute atomic E-state index is 12.2. The van der Waals surface area contributed by atoms with Gasteiger partial charge < -0.3 is 11.1 Å². The summed E-state index contributed by atoms with van der Waals surface area (Å²) in [4.78, 5) is 16.0. The number of thiocarbonyl (C=S) groups is 1. The molecule has 132 valence electrons. The highest BCUT2D eigenvalue weighted by Crippen LogP contribution is 2.34. The van der Waals surface area contributed by atoms with Gasteiger partial charge in [0.2, 0.25) is 0 Å². The highest BCUT2D eigenvalue weighted by atomic mass is 35.5. The second-order valence-corrected chi connectivity index (χ2v) is 6.65. The van der Waals surface area contributed by atoms with Crippen LogP contribution in [0.1, 0.15) is 21.6 Å². The van der Waals surface area contributed by atoms with Crippen molar-refractivity contribution >= 4 is 69.4 Å². The summed E-state index contributed by atoms with van der Waals surface area (Å²) >= 11 is 22.7. The minimum atomic E-state index is -0.667. The Balaban J connectivity index is 2.02. The van der Waals surface area contributed by atoms with Gasteiger partial charge in [0.05, 0.1) is 10.7 Å². The summed E-state index contributed by atoms with van der Waals surface area (Å²) in [6.45, 7) is 4.00. The molecule has 25 heavy (non-hydrogen) atoms. The molecule has 0 aliphatic rings. The van der Waals surface area contributed by atoms with Gasteiger partial charge in [0.25, 0.3) is 5.91 Å². The van der Waals surface area contributed by atoms with Crippen molar-refractivity contribution in [1.29, 1.82) is 0 Å². The van der Waals surface area contributed by atoms with Crippen molar-refractivity contribution in [3.8, 4) is 0 Å². The lowest BCUT2D eigenvalue weighted by atomic mass is 10.1. The Morgan fingerprint density at radius 3 is 2.44 bits per heavy atom. The number of carbonyl (C=O) groups is 1. The van der Waals surface area contributed by atoms with Crippen LogP contribution in [0.25, 0.3) is 0 Å². The van der Waals surface area contributed by atoms with Crippen LogP contribution < -0.4 is 21.9 Å². The molecule has 1 amide bonds. The summed E-state index contributed by atoms with van der Waals surface area (Å²) in [5, 5.41) is 2.90. The first-order valence-electron chi connectivity index (χ1n) is 6.95. The number of nitrogens with zero attached hydrogens (tertiary/aromatic N) is 1. The van der Waals surface area contributed by atoms with Crippen molar-refractivity contribution in [3.63, 3.8) is 0 Å². The fourth-order valence-corrected chi connectivity index (χ4v) is 2.60. The first-order chi connectivity index (χ1) is 11.7. The summed E-state index contributed by atoms with van der Waals surface area (Å²) < 4.78 is 0. The predicted octanol–water partition coefficient (Wildman–Crippen LogP) is 3.87. The molecule has 1 aromatic carbocycles. The van der Waals surface area contributed by atoms with E-state index in [1.54, 1.807) is 0 Å². The molecule has 0 spiro atoms. The number of pyridine rings is 1. The number of aryl methyl sites for hydroxylation is 2. The Morgan fingerprint density at radius 1 is 1.12 bits per heavy atom. The Labute approximate surface area is 165 Å². The van der Waals surface area contributed by atoms with Crippen molar-refractivity contribution in [2.75, 3.05) is 11.1 Å². The number of hydrogen-bond acceptors (Lipinski definition) is 4. The molecular weight excluding hydrogens is 405 g/mol. The van der Waals surface area contributed by atoms with Crippen LogP contribution in [0.4, 0.5) is 11.4 Å². The molecule has 5 N–H and O–H groups in total. The van der Waals surface area contributed by atoms with E-state index in [4.69, 9.17) is 52.8 Å². The minimum Gasteiger partial charge on any atom is -0.396 e. The zero-order chi connectivity index (χ0) is 18.7. The first-order valence-corrected chi connectivity index (χ1v) is 8.49. The van der Waals surface area contributed by atoms with Crippen LogP contribution in [0.3, 0.4) is 0 Å². The lowest BCUT2D eigenvalue weighted by Crippen LogP contribution is -2.44. The third-order valence-electron chi connectivity index (χ3n) is 3.34. The van der Waals surface area contributed by atoms with Crippen molar-refractivity contribution in [2.24, 2.45) is 0 Å². The standard InChI is InChI=1S/C15H14Cl3N5OS/c1-6-3-4-8(5-7(6)2)20-15(25)23-22-14(24)12-9(16)11(19)10(17)13(18)21-12/h3-5H,1-2H3,(H2,19,21)(H,22,24)(H2,20,23,25). The molecule has 0 saturated carbocycles. The van der Waals surface area contributed by atoms with Crippen LogP contribution in [0.2, 0.25) is 15.2 Å². The van der Waals surface area contributed by atoms with E-state index in [9.17, 15) is 4.79 Å². The van der Waals surface area contributed by atoms with Crippen molar-refractivity contribution in [1.82, 2.24) is 15.8 Å². The lowest BCUT2D eigenvalue weighted by molar-refractivity contribution is 0.0939. The molecule has 0 aliphatic heterocycles. The number of hydrogen-bond donors (Lipinski definition) is 4. The summed E-state index contributed by atoms with van der Waals surface area (Å²) in [5.41, 5.74) is 13.5. The number of halogens is 3. The van der Waals surface area contributed by atoms with Crippen molar-refractivity contribution in [2.45, 2.75) is 13.8 Å². The molecule has 0 fully saturated rings. The second kappa shape index (κ2) is 8.05. The number of nitrogens with two attached hydrogens (primary N) is 1. The van der Waals surface area contributed by atoms with Gasteiger partial charge in [-0.05, 0) is 49.3 Å². The van der Waals surface area contributed by atoms with Gasteiger partial charge in [-0.15, -0.1) is 0 Å². The highest BCUT2D eigenvalue weighted by Gasteiger charge is 2.19. The summed E-state index contributed by atoms with van der Waals surface area (Å²) in [6, 6.07) is 5.76. The molecule has 0 aliphatic carbocycles. The fourth-order valence-electron chi connectivity index (χ4n) is 1.84. The van der Waals surface area contributed by atoms with E-state index >= 15 is 0 Å². The number of anilines is 2. The van der Waals surface area contributed by atoms with Crippen LogP contribution in [0, 0.1) is 13.8 Å². The van der Waals surface area contributed by atoms with E-state index in [2.05, 4.69) is 21.2 Å². The van der Waals surface area contributed by atoms with E-state index in [1.165, 1.54) is 0 Å². The topological polar surface area (TPSA) is 92.1 Å². The molecule has 6 nitrogen and oxygen atoms in total. The van der Waals surface area contributed by atoms with Gasteiger partial charge in [-0.3, -0.25) is 15.6 Å². The molecule has 0 bridgehead atoms.